The Morgan fingerprint density at radius 1 is 1.47 bits per heavy atom. The second-order valence-electron chi connectivity index (χ2n) is 3.27. The lowest BCUT2D eigenvalue weighted by molar-refractivity contribution is 0.405. The highest BCUT2D eigenvalue weighted by atomic mass is 35.5. The minimum Gasteiger partial charge on any atom is -0.493 e. The molecular formula is C11H12ClNO2. The Morgan fingerprint density at radius 2 is 2.27 bits per heavy atom. The topological polar surface area (TPSA) is 48.4 Å². The molecule has 0 bridgehead atoms. The fourth-order valence-electron chi connectivity index (χ4n) is 1.66. The first-order chi connectivity index (χ1) is 7.26. The van der Waals surface area contributed by atoms with Crippen LogP contribution in [0, 0.1) is 0 Å². The second-order valence-corrected chi connectivity index (χ2v) is 3.64. The Morgan fingerprint density at radius 3 is 2.93 bits per heavy atom. The van der Waals surface area contributed by atoms with Crippen molar-refractivity contribution in [2.75, 3.05) is 13.7 Å². The van der Waals surface area contributed by atoms with E-state index in [2.05, 4.69) is 0 Å². The maximum absolute atomic E-state index is 5.79. The fourth-order valence-corrected chi connectivity index (χ4v) is 1.86. The van der Waals surface area contributed by atoms with Gasteiger partial charge in [0, 0.05) is 11.5 Å². The standard InChI is InChI=1S/C11H12ClNO2/c1-14-10-7(4-5-13)2-3-8-6-9(12)15-11(8)10/h2-3,6H,4-5,13H2,1H3. The first-order valence-electron chi connectivity index (χ1n) is 4.71. The van der Waals surface area contributed by atoms with Gasteiger partial charge in [0.25, 0.3) is 0 Å². The van der Waals surface area contributed by atoms with Crippen molar-refractivity contribution >= 4 is 22.6 Å². The van der Waals surface area contributed by atoms with Crippen LogP contribution in [0.4, 0.5) is 0 Å². The smallest absolute Gasteiger partial charge is 0.194 e. The number of hydrogen-bond acceptors (Lipinski definition) is 3. The molecule has 0 radical (unpaired) electrons. The van der Waals surface area contributed by atoms with E-state index in [-0.39, 0.29) is 0 Å². The minimum atomic E-state index is 0.369. The van der Waals surface area contributed by atoms with E-state index >= 15 is 0 Å². The fraction of sp³-hybridized carbons (Fsp3) is 0.273. The third kappa shape index (κ3) is 1.80. The molecule has 0 spiro atoms. The van der Waals surface area contributed by atoms with Crippen molar-refractivity contribution in [2.24, 2.45) is 5.73 Å². The summed E-state index contributed by atoms with van der Waals surface area (Å²) in [6.07, 6.45) is 0.761. The summed E-state index contributed by atoms with van der Waals surface area (Å²) >= 11 is 5.79. The highest BCUT2D eigenvalue weighted by Gasteiger charge is 2.12. The molecule has 1 heterocycles. The third-order valence-electron chi connectivity index (χ3n) is 2.31. The summed E-state index contributed by atoms with van der Waals surface area (Å²) in [5.41, 5.74) is 7.25. The number of ether oxygens (including phenoxy) is 1. The van der Waals surface area contributed by atoms with Crippen molar-refractivity contribution in [3.63, 3.8) is 0 Å². The van der Waals surface area contributed by atoms with Crippen molar-refractivity contribution in [1.82, 2.24) is 0 Å². The Labute approximate surface area is 92.8 Å². The lowest BCUT2D eigenvalue weighted by Gasteiger charge is -2.07. The van der Waals surface area contributed by atoms with Gasteiger partial charge in [-0.2, -0.15) is 0 Å². The van der Waals surface area contributed by atoms with Crippen LogP contribution >= 0.6 is 11.6 Å². The molecule has 3 nitrogen and oxygen atoms in total. The minimum absolute atomic E-state index is 0.369. The monoisotopic (exact) mass is 225 g/mol. The number of fused-ring (bicyclic) bond motifs is 1. The Hall–Kier alpha value is -1.19. The van der Waals surface area contributed by atoms with Crippen LogP contribution < -0.4 is 10.5 Å². The maximum atomic E-state index is 5.79. The van der Waals surface area contributed by atoms with Gasteiger partial charge in [-0.05, 0) is 30.1 Å². The largest absolute Gasteiger partial charge is 0.493 e. The lowest BCUT2D eigenvalue weighted by atomic mass is 10.1. The molecule has 0 aliphatic rings. The molecule has 0 fully saturated rings. The number of furan rings is 1. The summed E-state index contributed by atoms with van der Waals surface area (Å²) in [5, 5.41) is 1.31. The number of rotatable bonds is 3. The number of methoxy groups -OCH3 is 1. The van der Waals surface area contributed by atoms with Crippen LogP contribution in [-0.4, -0.2) is 13.7 Å². The molecular weight excluding hydrogens is 214 g/mol. The van der Waals surface area contributed by atoms with E-state index in [0.717, 1.165) is 23.1 Å². The molecule has 0 amide bonds. The summed E-state index contributed by atoms with van der Waals surface area (Å²) < 4.78 is 10.7. The molecule has 15 heavy (non-hydrogen) atoms. The van der Waals surface area contributed by atoms with E-state index < -0.39 is 0 Å². The maximum Gasteiger partial charge on any atom is 0.194 e. The van der Waals surface area contributed by atoms with Crippen LogP contribution in [0.1, 0.15) is 5.56 Å². The highest BCUT2D eigenvalue weighted by molar-refractivity contribution is 6.29. The molecule has 0 aliphatic heterocycles. The van der Waals surface area contributed by atoms with Crippen molar-refractivity contribution in [3.8, 4) is 5.75 Å². The van der Waals surface area contributed by atoms with Gasteiger partial charge >= 0.3 is 0 Å². The van der Waals surface area contributed by atoms with Crippen LogP contribution in [0.15, 0.2) is 22.6 Å². The van der Waals surface area contributed by atoms with Crippen LogP contribution in [0.3, 0.4) is 0 Å². The van der Waals surface area contributed by atoms with E-state index in [0.29, 0.717) is 17.3 Å². The SMILES string of the molecule is COc1c(CCN)ccc2cc(Cl)oc12. The summed E-state index contributed by atoms with van der Waals surface area (Å²) in [4.78, 5) is 0. The van der Waals surface area contributed by atoms with Gasteiger partial charge in [-0.3, -0.25) is 0 Å². The normalized spacial score (nSPS) is 10.9. The van der Waals surface area contributed by atoms with Gasteiger partial charge in [0.15, 0.2) is 16.6 Å². The zero-order valence-corrected chi connectivity index (χ0v) is 9.17. The first-order valence-corrected chi connectivity index (χ1v) is 5.09. The average Bonchev–Trinajstić information content (AvgIpc) is 2.58. The molecule has 0 unspecified atom stereocenters. The Bertz CT molecular complexity index is 479. The molecule has 2 rings (SSSR count). The molecule has 1 aromatic carbocycles. The van der Waals surface area contributed by atoms with Gasteiger partial charge in [0.1, 0.15) is 0 Å². The summed E-state index contributed by atoms with van der Waals surface area (Å²) in [6.45, 7) is 0.580. The van der Waals surface area contributed by atoms with E-state index in [1.165, 1.54) is 0 Å². The molecule has 80 valence electrons. The number of hydrogen-bond donors (Lipinski definition) is 1. The van der Waals surface area contributed by atoms with Gasteiger partial charge in [-0.1, -0.05) is 12.1 Å². The first kappa shape index (κ1) is 10.3. The van der Waals surface area contributed by atoms with Crippen molar-refractivity contribution in [1.29, 1.82) is 0 Å². The number of benzene rings is 1. The Kier molecular flexibility index (Phi) is 2.84. The lowest BCUT2D eigenvalue weighted by Crippen LogP contribution is -2.04. The summed E-state index contributed by atoms with van der Waals surface area (Å²) in [7, 11) is 1.62. The van der Waals surface area contributed by atoms with Crippen molar-refractivity contribution in [2.45, 2.75) is 6.42 Å². The van der Waals surface area contributed by atoms with Gasteiger partial charge < -0.3 is 14.9 Å². The van der Waals surface area contributed by atoms with E-state index in [1.807, 2.05) is 12.1 Å². The Balaban J connectivity index is 2.63. The van der Waals surface area contributed by atoms with E-state index in [4.69, 9.17) is 26.5 Å². The van der Waals surface area contributed by atoms with Gasteiger partial charge in [0.05, 0.1) is 7.11 Å². The van der Waals surface area contributed by atoms with E-state index in [9.17, 15) is 0 Å². The molecule has 1 aromatic heterocycles. The number of halogens is 1. The van der Waals surface area contributed by atoms with Crippen molar-refractivity contribution in [3.05, 3.63) is 29.0 Å². The van der Waals surface area contributed by atoms with Gasteiger partial charge in [0.2, 0.25) is 0 Å². The van der Waals surface area contributed by atoms with Gasteiger partial charge in [-0.15, -0.1) is 0 Å². The van der Waals surface area contributed by atoms with Crippen LogP contribution in [0.25, 0.3) is 11.0 Å². The predicted molar refractivity (Wildman–Crippen MR) is 60.5 cm³/mol. The zero-order chi connectivity index (χ0) is 10.8. The second kappa shape index (κ2) is 4.13. The van der Waals surface area contributed by atoms with Crippen LogP contribution in [0.2, 0.25) is 5.22 Å². The number of nitrogens with two attached hydrogens (primary N) is 1. The zero-order valence-electron chi connectivity index (χ0n) is 8.42. The van der Waals surface area contributed by atoms with E-state index in [1.54, 1.807) is 13.2 Å². The molecule has 0 aliphatic carbocycles. The summed E-state index contributed by atoms with van der Waals surface area (Å²) in [6, 6.07) is 5.71. The highest BCUT2D eigenvalue weighted by Crippen LogP contribution is 2.33. The average molecular weight is 226 g/mol. The molecule has 0 atom stereocenters. The predicted octanol–water partition coefficient (Wildman–Crippen LogP) is 2.60. The summed E-state index contributed by atoms with van der Waals surface area (Å²) in [5.74, 6) is 0.727. The van der Waals surface area contributed by atoms with Gasteiger partial charge in [-0.25, -0.2) is 0 Å². The molecule has 0 saturated heterocycles. The molecule has 2 aromatic rings. The van der Waals surface area contributed by atoms with Crippen molar-refractivity contribution < 1.29 is 9.15 Å². The molecule has 0 saturated carbocycles. The molecule has 2 N–H and O–H groups in total. The quantitative estimate of drug-likeness (QED) is 0.874. The molecule has 4 heteroatoms. The van der Waals surface area contributed by atoms with Crippen LogP contribution in [-0.2, 0) is 6.42 Å². The van der Waals surface area contributed by atoms with Crippen LogP contribution in [0.5, 0.6) is 5.75 Å². The third-order valence-corrected chi connectivity index (χ3v) is 2.50.